The number of aryl methyl sites for hydroxylation is 1. The quantitative estimate of drug-likeness (QED) is 0.618. The van der Waals surface area contributed by atoms with Gasteiger partial charge < -0.3 is 10.6 Å². The smallest absolute Gasteiger partial charge is 0.188 e. The number of rotatable bonds is 4. The average molecular weight is 246 g/mol. The van der Waals surface area contributed by atoms with Gasteiger partial charge in [0, 0.05) is 26.2 Å². The molecule has 0 aliphatic carbocycles. The van der Waals surface area contributed by atoms with Gasteiger partial charge in [0.15, 0.2) is 5.96 Å². The summed E-state index contributed by atoms with van der Waals surface area (Å²) < 4.78 is 0. The van der Waals surface area contributed by atoms with E-state index in [1.54, 1.807) is 0 Å². The highest BCUT2D eigenvalue weighted by molar-refractivity contribution is 5.74. The summed E-state index contributed by atoms with van der Waals surface area (Å²) in [7, 11) is 0. The first-order valence-electron chi connectivity index (χ1n) is 6.61. The van der Waals surface area contributed by atoms with Gasteiger partial charge in [0.1, 0.15) is 0 Å². The molecule has 1 aromatic carbocycles. The zero-order valence-corrected chi connectivity index (χ0v) is 10.8. The molecule has 1 heterocycles. The Morgan fingerprint density at radius 2 is 1.78 bits per heavy atom. The van der Waals surface area contributed by atoms with E-state index in [0.29, 0.717) is 0 Å². The minimum Gasteiger partial charge on any atom is -0.370 e. The Kier molecular flexibility index (Phi) is 4.59. The lowest BCUT2D eigenvalue weighted by molar-refractivity contribution is 0.179. The van der Waals surface area contributed by atoms with E-state index in [0.717, 1.165) is 39.1 Å². The van der Waals surface area contributed by atoms with Gasteiger partial charge in [-0.05, 0) is 24.9 Å². The fourth-order valence-corrected chi connectivity index (χ4v) is 2.36. The van der Waals surface area contributed by atoms with Crippen LogP contribution in [0.5, 0.6) is 0 Å². The maximum absolute atomic E-state index is 7.39. The first kappa shape index (κ1) is 12.9. The van der Waals surface area contributed by atoms with Crippen LogP contribution in [-0.2, 0) is 6.42 Å². The van der Waals surface area contributed by atoms with E-state index in [2.05, 4.69) is 35.2 Å². The van der Waals surface area contributed by atoms with Gasteiger partial charge in [-0.25, -0.2) is 0 Å². The van der Waals surface area contributed by atoms with Crippen LogP contribution < -0.4 is 5.73 Å². The average Bonchev–Trinajstić information content (AvgIpc) is 2.40. The number of piperazine rings is 1. The molecular weight excluding hydrogens is 224 g/mol. The van der Waals surface area contributed by atoms with E-state index in [1.807, 2.05) is 4.90 Å². The Hall–Kier alpha value is -1.55. The molecule has 4 heteroatoms. The lowest BCUT2D eigenvalue weighted by Crippen LogP contribution is -2.50. The zero-order valence-electron chi connectivity index (χ0n) is 10.8. The lowest BCUT2D eigenvalue weighted by Gasteiger charge is -2.34. The number of hydrogen-bond donors (Lipinski definition) is 2. The second kappa shape index (κ2) is 6.40. The van der Waals surface area contributed by atoms with E-state index in [9.17, 15) is 0 Å². The molecule has 0 spiro atoms. The SMILES string of the molecule is N=C(N)N1CCN(CCCc2ccccc2)CC1. The van der Waals surface area contributed by atoms with E-state index >= 15 is 0 Å². The monoisotopic (exact) mass is 246 g/mol. The first-order chi connectivity index (χ1) is 8.75. The molecule has 0 aromatic heterocycles. The molecule has 1 saturated heterocycles. The molecule has 1 fully saturated rings. The maximum Gasteiger partial charge on any atom is 0.188 e. The van der Waals surface area contributed by atoms with Crippen LogP contribution in [0.1, 0.15) is 12.0 Å². The minimum absolute atomic E-state index is 0.207. The van der Waals surface area contributed by atoms with Crippen LogP contribution in [0.4, 0.5) is 0 Å². The highest BCUT2D eigenvalue weighted by Gasteiger charge is 2.16. The molecule has 0 unspecified atom stereocenters. The number of nitrogens with zero attached hydrogens (tertiary/aromatic N) is 2. The third-order valence-corrected chi connectivity index (χ3v) is 3.50. The molecule has 3 N–H and O–H groups in total. The third-order valence-electron chi connectivity index (χ3n) is 3.50. The predicted octanol–water partition coefficient (Wildman–Crippen LogP) is 1.13. The highest BCUT2D eigenvalue weighted by atomic mass is 15.3. The van der Waals surface area contributed by atoms with E-state index in [-0.39, 0.29) is 5.96 Å². The normalized spacial score (nSPS) is 16.8. The zero-order chi connectivity index (χ0) is 12.8. The van der Waals surface area contributed by atoms with Gasteiger partial charge in [-0.2, -0.15) is 0 Å². The molecule has 2 rings (SSSR count). The summed E-state index contributed by atoms with van der Waals surface area (Å²) in [5.41, 5.74) is 6.90. The molecule has 18 heavy (non-hydrogen) atoms. The summed E-state index contributed by atoms with van der Waals surface area (Å²) in [5, 5.41) is 7.39. The Labute approximate surface area is 109 Å². The van der Waals surface area contributed by atoms with Gasteiger partial charge in [0.05, 0.1) is 0 Å². The standard InChI is InChI=1S/C14H22N4/c15-14(16)18-11-9-17(10-12-18)8-4-7-13-5-2-1-3-6-13/h1-3,5-6H,4,7-12H2,(H3,15,16). The van der Waals surface area contributed by atoms with Crippen molar-refractivity contribution in [2.75, 3.05) is 32.7 Å². The van der Waals surface area contributed by atoms with Crippen molar-refractivity contribution in [3.05, 3.63) is 35.9 Å². The Morgan fingerprint density at radius 3 is 2.39 bits per heavy atom. The molecule has 1 aliphatic rings. The molecular formula is C14H22N4. The summed E-state index contributed by atoms with van der Waals surface area (Å²) in [4.78, 5) is 4.40. The Bertz CT molecular complexity index is 369. The van der Waals surface area contributed by atoms with E-state index in [4.69, 9.17) is 11.1 Å². The molecule has 98 valence electrons. The molecule has 0 bridgehead atoms. The number of hydrogen-bond acceptors (Lipinski definition) is 2. The van der Waals surface area contributed by atoms with Crippen molar-refractivity contribution in [2.45, 2.75) is 12.8 Å². The van der Waals surface area contributed by atoms with E-state index < -0.39 is 0 Å². The van der Waals surface area contributed by atoms with Crippen molar-refractivity contribution >= 4 is 5.96 Å². The lowest BCUT2D eigenvalue weighted by atomic mass is 10.1. The van der Waals surface area contributed by atoms with Gasteiger partial charge in [0.25, 0.3) is 0 Å². The fourth-order valence-electron chi connectivity index (χ4n) is 2.36. The minimum atomic E-state index is 0.207. The summed E-state index contributed by atoms with van der Waals surface area (Å²) in [6.07, 6.45) is 2.35. The molecule has 0 amide bonds. The van der Waals surface area contributed by atoms with Crippen LogP contribution in [0, 0.1) is 5.41 Å². The molecule has 0 saturated carbocycles. The number of benzene rings is 1. The molecule has 0 atom stereocenters. The van der Waals surface area contributed by atoms with Crippen LogP contribution in [0.3, 0.4) is 0 Å². The predicted molar refractivity (Wildman–Crippen MR) is 74.7 cm³/mol. The van der Waals surface area contributed by atoms with E-state index in [1.165, 1.54) is 12.0 Å². The third kappa shape index (κ3) is 3.74. The van der Waals surface area contributed by atoms with Crippen molar-refractivity contribution in [2.24, 2.45) is 5.73 Å². The maximum atomic E-state index is 7.39. The first-order valence-corrected chi connectivity index (χ1v) is 6.61. The van der Waals surface area contributed by atoms with Gasteiger partial charge in [0.2, 0.25) is 0 Å². The van der Waals surface area contributed by atoms with Crippen LogP contribution in [0.25, 0.3) is 0 Å². The van der Waals surface area contributed by atoms with Gasteiger partial charge in [-0.15, -0.1) is 0 Å². The molecule has 1 aromatic rings. The fraction of sp³-hybridized carbons (Fsp3) is 0.500. The van der Waals surface area contributed by atoms with Crippen molar-refractivity contribution in [3.63, 3.8) is 0 Å². The molecule has 4 nitrogen and oxygen atoms in total. The van der Waals surface area contributed by atoms with Crippen LogP contribution >= 0.6 is 0 Å². The largest absolute Gasteiger partial charge is 0.370 e. The summed E-state index contributed by atoms with van der Waals surface area (Å²) in [5.74, 6) is 0.207. The second-order valence-electron chi connectivity index (χ2n) is 4.80. The Balaban J connectivity index is 1.65. The summed E-state index contributed by atoms with van der Waals surface area (Å²) >= 11 is 0. The molecule has 0 radical (unpaired) electrons. The van der Waals surface area contributed by atoms with Crippen molar-refractivity contribution in [1.29, 1.82) is 5.41 Å². The number of guanidine groups is 1. The van der Waals surface area contributed by atoms with Gasteiger partial charge in [-0.1, -0.05) is 30.3 Å². The molecule has 1 aliphatic heterocycles. The highest BCUT2D eigenvalue weighted by Crippen LogP contribution is 2.06. The van der Waals surface area contributed by atoms with Crippen molar-refractivity contribution < 1.29 is 0 Å². The van der Waals surface area contributed by atoms with Crippen LogP contribution in [0.15, 0.2) is 30.3 Å². The topological polar surface area (TPSA) is 56.4 Å². The van der Waals surface area contributed by atoms with Crippen LogP contribution in [0.2, 0.25) is 0 Å². The van der Waals surface area contributed by atoms with Gasteiger partial charge in [-0.3, -0.25) is 10.3 Å². The number of nitrogens with one attached hydrogen (secondary N) is 1. The Morgan fingerprint density at radius 1 is 1.11 bits per heavy atom. The van der Waals surface area contributed by atoms with Gasteiger partial charge >= 0.3 is 0 Å². The van der Waals surface area contributed by atoms with Crippen LogP contribution in [-0.4, -0.2) is 48.5 Å². The summed E-state index contributed by atoms with van der Waals surface area (Å²) in [6, 6.07) is 10.6. The van der Waals surface area contributed by atoms with Crippen molar-refractivity contribution in [3.8, 4) is 0 Å². The summed E-state index contributed by atoms with van der Waals surface area (Å²) in [6.45, 7) is 4.96. The second-order valence-corrected chi connectivity index (χ2v) is 4.80. The number of nitrogens with two attached hydrogens (primary N) is 1. The van der Waals surface area contributed by atoms with Crippen molar-refractivity contribution in [1.82, 2.24) is 9.80 Å².